The van der Waals surface area contributed by atoms with Gasteiger partial charge in [0.25, 0.3) is 0 Å². The van der Waals surface area contributed by atoms with Crippen LogP contribution in [0.25, 0.3) is 0 Å². The fourth-order valence-corrected chi connectivity index (χ4v) is 3.38. The molecule has 18 heavy (non-hydrogen) atoms. The molecular formula is C16H24N2. The summed E-state index contributed by atoms with van der Waals surface area (Å²) in [5, 5.41) is 3.57. The quantitative estimate of drug-likeness (QED) is 0.860. The normalized spacial score (nSPS) is 25.4. The molecule has 0 spiro atoms. The SMILES string of the molecule is c1ccc2c(c1)CNCC2CN1CCCCCC1. The number of hydrogen-bond acceptors (Lipinski definition) is 2. The summed E-state index contributed by atoms with van der Waals surface area (Å²) in [6, 6.07) is 8.96. The van der Waals surface area contributed by atoms with Crippen LogP contribution in [0.2, 0.25) is 0 Å². The Morgan fingerprint density at radius 2 is 1.83 bits per heavy atom. The van der Waals surface area contributed by atoms with E-state index in [1.165, 1.54) is 50.9 Å². The lowest BCUT2D eigenvalue weighted by Gasteiger charge is -2.31. The number of benzene rings is 1. The van der Waals surface area contributed by atoms with Crippen molar-refractivity contribution in [3.05, 3.63) is 35.4 Å². The van der Waals surface area contributed by atoms with Crippen molar-refractivity contribution in [2.75, 3.05) is 26.2 Å². The number of nitrogens with one attached hydrogen (secondary N) is 1. The molecule has 0 saturated carbocycles. The Kier molecular flexibility index (Phi) is 3.96. The minimum Gasteiger partial charge on any atom is -0.312 e. The van der Waals surface area contributed by atoms with Gasteiger partial charge in [-0.2, -0.15) is 0 Å². The summed E-state index contributed by atoms with van der Waals surface area (Å²) in [5.74, 6) is 0.688. The fraction of sp³-hybridized carbons (Fsp3) is 0.625. The lowest BCUT2D eigenvalue weighted by molar-refractivity contribution is 0.259. The fourth-order valence-electron chi connectivity index (χ4n) is 3.38. The van der Waals surface area contributed by atoms with Crippen LogP contribution in [-0.4, -0.2) is 31.1 Å². The van der Waals surface area contributed by atoms with Crippen LogP contribution in [0.3, 0.4) is 0 Å². The van der Waals surface area contributed by atoms with Crippen molar-refractivity contribution in [1.82, 2.24) is 10.2 Å². The maximum atomic E-state index is 3.57. The third-order valence-corrected chi connectivity index (χ3v) is 4.38. The van der Waals surface area contributed by atoms with Crippen molar-refractivity contribution in [2.45, 2.75) is 38.1 Å². The van der Waals surface area contributed by atoms with Gasteiger partial charge in [0.1, 0.15) is 0 Å². The summed E-state index contributed by atoms with van der Waals surface area (Å²) < 4.78 is 0. The number of rotatable bonds is 2. The van der Waals surface area contributed by atoms with Crippen LogP contribution in [0.4, 0.5) is 0 Å². The maximum absolute atomic E-state index is 3.57. The van der Waals surface area contributed by atoms with Gasteiger partial charge in [0.05, 0.1) is 0 Å². The molecule has 2 heteroatoms. The molecule has 0 aromatic heterocycles. The minimum atomic E-state index is 0.688. The summed E-state index contributed by atoms with van der Waals surface area (Å²) in [4.78, 5) is 2.68. The molecule has 1 aromatic rings. The molecule has 2 heterocycles. The molecule has 1 fully saturated rings. The highest BCUT2D eigenvalue weighted by atomic mass is 15.1. The van der Waals surface area contributed by atoms with Crippen molar-refractivity contribution in [2.24, 2.45) is 0 Å². The average Bonchev–Trinajstić information content (AvgIpc) is 2.68. The number of likely N-dealkylation sites (tertiary alicyclic amines) is 1. The van der Waals surface area contributed by atoms with Crippen molar-refractivity contribution in [3.63, 3.8) is 0 Å². The minimum absolute atomic E-state index is 0.688. The molecule has 0 bridgehead atoms. The Bertz CT molecular complexity index is 380. The molecule has 98 valence electrons. The zero-order chi connectivity index (χ0) is 12.2. The predicted molar refractivity (Wildman–Crippen MR) is 75.8 cm³/mol. The van der Waals surface area contributed by atoms with Gasteiger partial charge in [-0.15, -0.1) is 0 Å². The molecule has 1 saturated heterocycles. The van der Waals surface area contributed by atoms with Crippen LogP contribution < -0.4 is 5.32 Å². The van der Waals surface area contributed by atoms with Crippen LogP contribution in [0.1, 0.15) is 42.7 Å². The van der Waals surface area contributed by atoms with Crippen LogP contribution in [0, 0.1) is 0 Å². The van der Waals surface area contributed by atoms with Crippen molar-refractivity contribution < 1.29 is 0 Å². The molecule has 1 atom stereocenters. The topological polar surface area (TPSA) is 15.3 Å². The molecule has 0 radical (unpaired) electrons. The first kappa shape index (κ1) is 12.2. The highest BCUT2D eigenvalue weighted by molar-refractivity contribution is 5.32. The highest BCUT2D eigenvalue weighted by Gasteiger charge is 2.22. The van der Waals surface area contributed by atoms with Crippen LogP contribution in [-0.2, 0) is 6.54 Å². The molecular weight excluding hydrogens is 220 g/mol. The van der Waals surface area contributed by atoms with Gasteiger partial charge in [-0.3, -0.25) is 0 Å². The van der Waals surface area contributed by atoms with E-state index in [-0.39, 0.29) is 0 Å². The van der Waals surface area contributed by atoms with E-state index in [0.29, 0.717) is 5.92 Å². The van der Waals surface area contributed by atoms with Crippen LogP contribution in [0.5, 0.6) is 0 Å². The van der Waals surface area contributed by atoms with E-state index in [0.717, 1.165) is 13.1 Å². The second kappa shape index (κ2) is 5.85. The summed E-state index contributed by atoms with van der Waals surface area (Å²) in [7, 11) is 0. The number of nitrogens with zero attached hydrogens (tertiary/aromatic N) is 1. The Morgan fingerprint density at radius 3 is 2.67 bits per heavy atom. The lowest BCUT2D eigenvalue weighted by Crippen LogP contribution is -2.37. The third-order valence-electron chi connectivity index (χ3n) is 4.38. The standard InChI is InChI=1S/C16H24N2/c1-2-6-10-18(9-5-1)13-15-12-17-11-14-7-3-4-8-16(14)15/h3-4,7-8,15,17H,1-2,5-6,9-13H2. The van der Waals surface area contributed by atoms with Gasteiger partial charge >= 0.3 is 0 Å². The first-order chi connectivity index (χ1) is 8.93. The predicted octanol–water partition coefficient (Wildman–Crippen LogP) is 2.75. The molecule has 0 amide bonds. The maximum Gasteiger partial charge on any atom is 0.0208 e. The van der Waals surface area contributed by atoms with E-state index in [1.54, 1.807) is 5.56 Å². The summed E-state index contributed by atoms with van der Waals surface area (Å²) in [6.45, 7) is 6.04. The zero-order valence-corrected chi connectivity index (χ0v) is 11.2. The van der Waals surface area contributed by atoms with Gasteiger partial charge in [-0.25, -0.2) is 0 Å². The van der Waals surface area contributed by atoms with Gasteiger partial charge in [-0.1, -0.05) is 37.1 Å². The lowest BCUT2D eigenvalue weighted by atomic mass is 9.90. The summed E-state index contributed by atoms with van der Waals surface area (Å²) >= 11 is 0. The van der Waals surface area contributed by atoms with E-state index in [2.05, 4.69) is 34.5 Å². The zero-order valence-electron chi connectivity index (χ0n) is 11.2. The van der Waals surface area contributed by atoms with E-state index < -0.39 is 0 Å². The van der Waals surface area contributed by atoms with Crippen LogP contribution in [0.15, 0.2) is 24.3 Å². The molecule has 2 nitrogen and oxygen atoms in total. The van der Waals surface area contributed by atoms with E-state index in [1.807, 2.05) is 0 Å². The number of fused-ring (bicyclic) bond motifs is 1. The smallest absolute Gasteiger partial charge is 0.0208 e. The average molecular weight is 244 g/mol. The molecule has 3 rings (SSSR count). The van der Waals surface area contributed by atoms with E-state index >= 15 is 0 Å². The molecule has 1 N–H and O–H groups in total. The van der Waals surface area contributed by atoms with Gasteiger partial charge in [-0.05, 0) is 37.1 Å². The number of hydrogen-bond donors (Lipinski definition) is 1. The largest absolute Gasteiger partial charge is 0.312 e. The summed E-state index contributed by atoms with van der Waals surface area (Å²) in [6.07, 6.45) is 5.63. The second-order valence-corrected chi connectivity index (χ2v) is 5.74. The third kappa shape index (κ3) is 2.76. The Balaban J connectivity index is 1.69. The van der Waals surface area contributed by atoms with Gasteiger partial charge < -0.3 is 10.2 Å². The first-order valence-electron chi connectivity index (χ1n) is 7.44. The second-order valence-electron chi connectivity index (χ2n) is 5.74. The molecule has 1 unspecified atom stereocenters. The highest BCUT2D eigenvalue weighted by Crippen LogP contribution is 2.25. The Labute approximate surface area is 110 Å². The van der Waals surface area contributed by atoms with Gasteiger partial charge in [0.2, 0.25) is 0 Å². The van der Waals surface area contributed by atoms with E-state index in [4.69, 9.17) is 0 Å². The Morgan fingerprint density at radius 1 is 1.06 bits per heavy atom. The monoisotopic (exact) mass is 244 g/mol. The van der Waals surface area contributed by atoms with Crippen molar-refractivity contribution in [3.8, 4) is 0 Å². The molecule has 2 aliphatic rings. The molecule has 1 aromatic carbocycles. The van der Waals surface area contributed by atoms with Crippen LogP contribution >= 0.6 is 0 Å². The van der Waals surface area contributed by atoms with Crippen molar-refractivity contribution >= 4 is 0 Å². The molecule has 2 aliphatic heterocycles. The first-order valence-corrected chi connectivity index (χ1v) is 7.44. The Hall–Kier alpha value is -0.860. The molecule has 0 aliphatic carbocycles. The van der Waals surface area contributed by atoms with Gasteiger partial charge in [0, 0.05) is 25.6 Å². The van der Waals surface area contributed by atoms with E-state index in [9.17, 15) is 0 Å². The summed E-state index contributed by atoms with van der Waals surface area (Å²) in [5.41, 5.74) is 3.09. The van der Waals surface area contributed by atoms with Gasteiger partial charge in [0.15, 0.2) is 0 Å². The van der Waals surface area contributed by atoms with Crippen molar-refractivity contribution in [1.29, 1.82) is 0 Å².